The molecule has 1 amide bonds. The number of carbonyl (C=O) groups excluding carboxylic acids is 1. The Kier molecular flexibility index (Phi) is 4.72. The van der Waals surface area contributed by atoms with Crippen LogP contribution in [0, 0.1) is 6.92 Å². The number of benzene rings is 1. The molecule has 0 aliphatic carbocycles. The van der Waals surface area contributed by atoms with Crippen molar-refractivity contribution >= 4 is 23.0 Å². The standard InChI is InChI=1S/C21H18N6O2S/c1-14-6-2-3-7-15(14)21-22-25-26(24-21)13-20(28)27-17(18-8-4-10-29-18)12-16(23-27)19-9-5-11-30-19/h2-11,17H,12-13H2,1H3/t17-/m1/s1. The average Bonchev–Trinajstić information content (AvgIpc) is 3.54. The molecule has 1 atom stereocenters. The normalized spacial score (nSPS) is 16.1. The summed E-state index contributed by atoms with van der Waals surface area (Å²) in [6, 6.07) is 15.2. The summed E-state index contributed by atoms with van der Waals surface area (Å²) in [6.07, 6.45) is 2.20. The summed E-state index contributed by atoms with van der Waals surface area (Å²) >= 11 is 1.60. The molecule has 9 heteroatoms. The lowest BCUT2D eigenvalue weighted by Gasteiger charge is -2.19. The molecule has 0 spiro atoms. The van der Waals surface area contributed by atoms with Crippen molar-refractivity contribution in [2.24, 2.45) is 5.10 Å². The van der Waals surface area contributed by atoms with E-state index in [-0.39, 0.29) is 18.5 Å². The average molecular weight is 418 g/mol. The number of aromatic nitrogens is 4. The highest BCUT2D eigenvalue weighted by Gasteiger charge is 2.35. The summed E-state index contributed by atoms with van der Waals surface area (Å²) in [5.74, 6) is 0.968. The minimum atomic E-state index is -0.288. The van der Waals surface area contributed by atoms with E-state index in [9.17, 15) is 4.79 Å². The van der Waals surface area contributed by atoms with Crippen LogP contribution >= 0.6 is 11.3 Å². The van der Waals surface area contributed by atoms with Crippen LogP contribution in [-0.4, -0.2) is 36.8 Å². The predicted molar refractivity (Wildman–Crippen MR) is 112 cm³/mol. The summed E-state index contributed by atoms with van der Waals surface area (Å²) in [5.41, 5.74) is 2.81. The number of nitrogens with zero attached hydrogens (tertiary/aromatic N) is 6. The monoisotopic (exact) mass is 418 g/mol. The maximum atomic E-state index is 13.1. The van der Waals surface area contributed by atoms with E-state index in [2.05, 4.69) is 20.5 Å². The number of tetrazole rings is 1. The van der Waals surface area contributed by atoms with Gasteiger partial charge in [0.1, 0.15) is 18.3 Å². The molecule has 8 nitrogen and oxygen atoms in total. The molecule has 30 heavy (non-hydrogen) atoms. The molecule has 0 saturated carbocycles. The number of thiophene rings is 1. The van der Waals surface area contributed by atoms with E-state index in [1.807, 2.05) is 60.8 Å². The first-order valence-corrected chi connectivity index (χ1v) is 10.4. The third kappa shape index (κ3) is 3.43. The number of hydrogen-bond donors (Lipinski definition) is 0. The van der Waals surface area contributed by atoms with Crippen molar-refractivity contribution < 1.29 is 9.21 Å². The van der Waals surface area contributed by atoms with Gasteiger partial charge in [0.15, 0.2) is 0 Å². The first kappa shape index (κ1) is 18.4. The van der Waals surface area contributed by atoms with Crippen LogP contribution in [0.4, 0.5) is 0 Å². The Morgan fingerprint density at radius 1 is 1.20 bits per heavy atom. The predicted octanol–water partition coefficient (Wildman–Crippen LogP) is 3.68. The Morgan fingerprint density at radius 3 is 2.87 bits per heavy atom. The summed E-state index contributed by atoms with van der Waals surface area (Å²) in [5, 5.41) is 20.6. The van der Waals surface area contributed by atoms with Crippen molar-refractivity contribution in [3.63, 3.8) is 0 Å². The fourth-order valence-corrected chi connectivity index (χ4v) is 4.19. The van der Waals surface area contributed by atoms with Crippen molar-refractivity contribution in [3.05, 3.63) is 76.4 Å². The fraction of sp³-hybridized carbons (Fsp3) is 0.190. The van der Waals surface area contributed by atoms with Gasteiger partial charge in [-0.3, -0.25) is 4.79 Å². The van der Waals surface area contributed by atoms with Crippen LogP contribution in [0.3, 0.4) is 0 Å². The van der Waals surface area contributed by atoms with E-state index < -0.39 is 0 Å². The van der Waals surface area contributed by atoms with Crippen LogP contribution in [0.2, 0.25) is 0 Å². The molecular formula is C21H18N6O2S. The number of aryl methyl sites for hydroxylation is 1. The highest BCUT2D eigenvalue weighted by atomic mass is 32.1. The van der Waals surface area contributed by atoms with Crippen LogP contribution in [0.5, 0.6) is 0 Å². The van der Waals surface area contributed by atoms with Gasteiger partial charge in [-0.25, -0.2) is 5.01 Å². The molecule has 0 N–H and O–H groups in total. The Labute approximate surface area is 176 Å². The van der Waals surface area contributed by atoms with E-state index >= 15 is 0 Å². The fourth-order valence-electron chi connectivity index (χ4n) is 3.47. The van der Waals surface area contributed by atoms with Crippen LogP contribution in [0.1, 0.15) is 28.7 Å². The van der Waals surface area contributed by atoms with Crippen molar-refractivity contribution in [2.75, 3.05) is 0 Å². The van der Waals surface area contributed by atoms with Gasteiger partial charge >= 0.3 is 0 Å². The quantitative estimate of drug-likeness (QED) is 0.493. The van der Waals surface area contributed by atoms with Crippen LogP contribution in [0.25, 0.3) is 11.4 Å². The molecule has 5 rings (SSSR count). The Morgan fingerprint density at radius 2 is 2.10 bits per heavy atom. The highest BCUT2D eigenvalue weighted by Crippen LogP contribution is 2.34. The zero-order chi connectivity index (χ0) is 20.5. The molecule has 1 aliphatic rings. The lowest BCUT2D eigenvalue weighted by Crippen LogP contribution is -2.31. The second-order valence-electron chi connectivity index (χ2n) is 6.96. The Bertz CT molecular complexity index is 1200. The smallest absolute Gasteiger partial charge is 0.267 e. The largest absolute Gasteiger partial charge is 0.467 e. The van der Waals surface area contributed by atoms with E-state index in [1.54, 1.807) is 17.6 Å². The molecular weight excluding hydrogens is 400 g/mol. The molecule has 0 unspecified atom stereocenters. The van der Waals surface area contributed by atoms with Gasteiger partial charge in [0, 0.05) is 12.0 Å². The van der Waals surface area contributed by atoms with Crippen molar-refractivity contribution in [1.29, 1.82) is 0 Å². The SMILES string of the molecule is Cc1ccccc1-c1nnn(CC(=O)N2N=C(c3cccs3)C[C@@H]2c2ccco2)n1. The van der Waals surface area contributed by atoms with Crippen molar-refractivity contribution in [3.8, 4) is 11.4 Å². The zero-order valence-corrected chi connectivity index (χ0v) is 17.0. The Hall–Kier alpha value is -3.59. The maximum Gasteiger partial charge on any atom is 0.267 e. The first-order chi connectivity index (χ1) is 14.7. The molecule has 0 bridgehead atoms. The number of amides is 1. The van der Waals surface area contributed by atoms with Gasteiger partial charge in [0.05, 0.1) is 16.9 Å². The second-order valence-corrected chi connectivity index (χ2v) is 7.90. The molecule has 1 aromatic carbocycles. The number of rotatable bonds is 5. The number of hydrazone groups is 1. The molecule has 0 fully saturated rings. The summed E-state index contributed by atoms with van der Waals surface area (Å²) in [4.78, 5) is 15.5. The van der Waals surface area contributed by atoms with E-state index in [0.717, 1.165) is 21.7 Å². The molecule has 0 radical (unpaired) electrons. The summed E-state index contributed by atoms with van der Waals surface area (Å²) in [6.45, 7) is 1.93. The van der Waals surface area contributed by atoms with Gasteiger partial charge in [-0.1, -0.05) is 30.3 Å². The number of carbonyl (C=O) groups is 1. The van der Waals surface area contributed by atoms with E-state index in [1.165, 1.54) is 9.81 Å². The van der Waals surface area contributed by atoms with Gasteiger partial charge in [-0.15, -0.1) is 21.5 Å². The maximum absolute atomic E-state index is 13.1. The van der Waals surface area contributed by atoms with Crippen LogP contribution in [0.15, 0.2) is 69.7 Å². The Balaban J connectivity index is 1.39. The van der Waals surface area contributed by atoms with E-state index in [0.29, 0.717) is 18.0 Å². The molecule has 3 aromatic heterocycles. The molecule has 4 heterocycles. The first-order valence-electron chi connectivity index (χ1n) is 9.49. The van der Waals surface area contributed by atoms with Crippen molar-refractivity contribution in [1.82, 2.24) is 25.2 Å². The third-order valence-electron chi connectivity index (χ3n) is 4.96. The summed E-state index contributed by atoms with van der Waals surface area (Å²) < 4.78 is 5.57. The lowest BCUT2D eigenvalue weighted by atomic mass is 10.1. The minimum Gasteiger partial charge on any atom is -0.467 e. The van der Waals surface area contributed by atoms with Gasteiger partial charge in [0.2, 0.25) is 5.82 Å². The van der Waals surface area contributed by atoms with Crippen LogP contribution in [-0.2, 0) is 11.3 Å². The van der Waals surface area contributed by atoms with Gasteiger partial charge < -0.3 is 4.42 Å². The minimum absolute atomic E-state index is 0.0582. The zero-order valence-electron chi connectivity index (χ0n) is 16.2. The molecule has 4 aromatic rings. The highest BCUT2D eigenvalue weighted by molar-refractivity contribution is 7.12. The molecule has 150 valence electrons. The third-order valence-corrected chi connectivity index (χ3v) is 5.88. The van der Waals surface area contributed by atoms with Gasteiger partial charge in [-0.2, -0.15) is 9.90 Å². The molecule has 0 saturated heterocycles. The summed E-state index contributed by atoms with van der Waals surface area (Å²) in [7, 11) is 0. The molecule has 1 aliphatic heterocycles. The van der Waals surface area contributed by atoms with Gasteiger partial charge in [-0.05, 0) is 41.3 Å². The lowest BCUT2D eigenvalue weighted by molar-refractivity contribution is -0.134. The van der Waals surface area contributed by atoms with E-state index in [4.69, 9.17) is 4.42 Å². The van der Waals surface area contributed by atoms with Gasteiger partial charge in [0.25, 0.3) is 5.91 Å². The van der Waals surface area contributed by atoms with Crippen molar-refractivity contribution in [2.45, 2.75) is 25.9 Å². The second kappa shape index (κ2) is 7.68. The van der Waals surface area contributed by atoms with Crippen LogP contribution < -0.4 is 0 Å². The number of furan rings is 1. The number of hydrogen-bond acceptors (Lipinski definition) is 7. The topological polar surface area (TPSA) is 89.4 Å².